The first kappa shape index (κ1) is 15.8. The van der Waals surface area contributed by atoms with Crippen LogP contribution in [0.1, 0.15) is 30.9 Å². The van der Waals surface area contributed by atoms with E-state index in [2.05, 4.69) is 30.1 Å². The fourth-order valence-corrected chi connectivity index (χ4v) is 2.82. The van der Waals surface area contributed by atoms with Gasteiger partial charge in [0.1, 0.15) is 12.4 Å². The zero-order valence-corrected chi connectivity index (χ0v) is 14.0. The number of rotatable bonds is 6. The molecular formula is C20H20ClNO. The Balaban J connectivity index is 1.92. The first-order chi connectivity index (χ1) is 11.3. The Hall–Kier alpha value is -2.06. The van der Waals surface area contributed by atoms with Crippen molar-refractivity contribution in [1.82, 2.24) is 4.98 Å². The lowest BCUT2D eigenvalue weighted by molar-refractivity contribution is 0.303. The maximum Gasteiger partial charge on any atom is 0.125 e. The normalized spacial score (nSPS) is 10.9. The van der Waals surface area contributed by atoms with E-state index in [1.807, 2.05) is 30.3 Å². The highest BCUT2D eigenvalue weighted by Gasteiger charge is 2.09. The van der Waals surface area contributed by atoms with Gasteiger partial charge in [0.15, 0.2) is 0 Å². The van der Waals surface area contributed by atoms with Gasteiger partial charge in [-0.15, -0.1) is 0 Å². The van der Waals surface area contributed by atoms with Crippen LogP contribution in [0.5, 0.6) is 5.75 Å². The lowest BCUT2D eigenvalue weighted by atomic mass is 10.0. The molecule has 0 aliphatic carbocycles. The van der Waals surface area contributed by atoms with Gasteiger partial charge in [-0.2, -0.15) is 0 Å². The van der Waals surface area contributed by atoms with Crippen molar-refractivity contribution in [2.75, 3.05) is 0 Å². The Labute approximate surface area is 142 Å². The van der Waals surface area contributed by atoms with E-state index in [0.717, 1.165) is 46.5 Å². The molecule has 3 heteroatoms. The van der Waals surface area contributed by atoms with Crippen LogP contribution in [0, 0.1) is 0 Å². The molecule has 0 bridgehead atoms. The average molecular weight is 326 g/mol. The minimum atomic E-state index is 0.562. The van der Waals surface area contributed by atoms with Crippen LogP contribution in [-0.4, -0.2) is 4.98 Å². The minimum Gasteiger partial charge on any atom is -0.489 e. The van der Waals surface area contributed by atoms with Crippen molar-refractivity contribution < 1.29 is 4.74 Å². The molecule has 0 unspecified atom stereocenters. The first-order valence-electron chi connectivity index (χ1n) is 8.02. The van der Waals surface area contributed by atoms with E-state index < -0.39 is 0 Å². The maximum atomic E-state index is 6.31. The highest BCUT2D eigenvalue weighted by Crippen LogP contribution is 2.30. The van der Waals surface area contributed by atoms with Crippen molar-refractivity contribution in [1.29, 1.82) is 0 Å². The number of aryl methyl sites for hydroxylation is 1. The monoisotopic (exact) mass is 325 g/mol. The van der Waals surface area contributed by atoms with Gasteiger partial charge in [0, 0.05) is 17.6 Å². The largest absolute Gasteiger partial charge is 0.489 e. The second-order valence-corrected chi connectivity index (χ2v) is 6.05. The van der Waals surface area contributed by atoms with Gasteiger partial charge in [-0.25, -0.2) is 0 Å². The summed E-state index contributed by atoms with van der Waals surface area (Å²) in [6.07, 6.45) is 5.00. The van der Waals surface area contributed by atoms with Crippen LogP contribution in [0.4, 0.5) is 0 Å². The predicted molar refractivity (Wildman–Crippen MR) is 96.1 cm³/mol. The van der Waals surface area contributed by atoms with E-state index in [1.54, 1.807) is 6.20 Å². The SMILES string of the molecule is CCCCc1cc2c(Cl)ccnc2cc1OCc1ccccc1. The zero-order valence-electron chi connectivity index (χ0n) is 13.3. The summed E-state index contributed by atoms with van der Waals surface area (Å²) < 4.78 is 6.09. The van der Waals surface area contributed by atoms with Gasteiger partial charge in [0.05, 0.1) is 10.5 Å². The Kier molecular flexibility index (Phi) is 5.14. The van der Waals surface area contributed by atoms with Crippen molar-refractivity contribution >= 4 is 22.5 Å². The Bertz CT molecular complexity index is 786. The molecule has 0 spiro atoms. The summed E-state index contributed by atoms with van der Waals surface area (Å²) in [5.41, 5.74) is 3.24. The number of hydrogen-bond donors (Lipinski definition) is 0. The van der Waals surface area contributed by atoms with E-state index >= 15 is 0 Å². The molecular weight excluding hydrogens is 306 g/mol. The molecule has 0 aliphatic rings. The van der Waals surface area contributed by atoms with Crippen LogP contribution in [0.15, 0.2) is 54.7 Å². The first-order valence-corrected chi connectivity index (χ1v) is 8.39. The number of pyridine rings is 1. The molecule has 0 atom stereocenters. The van der Waals surface area contributed by atoms with Gasteiger partial charge in [-0.05, 0) is 36.1 Å². The van der Waals surface area contributed by atoms with Gasteiger partial charge < -0.3 is 4.74 Å². The molecule has 0 aliphatic heterocycles. The van der Waals surface area contributed by atoms with Crippen molar-refractivity contribution in [3.8, 4) is 5.75 Å². The molecule has 1 aromatic heterocycles. The number of unbranched alkanes of at least 4 members (excludes halogenated alkanes) is 1. The third-order valence-corrected chi connectivity index (χ3v) is 4.24. The molecule has 0 amide bonds. The average Bonchev–Trinajstić information content (AvgIpc) is 2.59. The Morgan fingerprint density at radius 2 is 1.91 bits per heavy atom. The number of fused-ring (bicyclic) bond motifs is 1. The summed E-state index contributed by atoms with van der Waals surface area (Å²) in [5.74, 6) is 0.907. The molecule has 2 nitrogen and oxygen atoms in total. The lowest BCUT2D eigenvalue weighted by Crippen LogP contribution is -1.99. The predicted octanol–water partition coefficient (Wildman–Crippen LogP) is 5.81. The van der Waals surface area contributed by atoms with E-state index in [0.29, 0.717) is 6.61 Å². The smallest absolute Gasteiger partial charge is 0.125 e. The van der Waals surface area contributed by atoms with Crippen LogP contribution < -0.4 is 4.74 Å². The molecule has 118 valence electrons. The highest BCUT2D eigenvalue weighted by atomic mass is 35.5. The molecule has 2 aromatic carbocycles. The summed E-state index contributed by atoms with van der Waals surface area (Å²) in [4.78, 5) is 4.41. The molecule has 3 aromatic rings. The van der Waals surface area contributed by atoms with Crippen molar-refractivity contribution in [2.45, 2.75) is 32.8 Å². The Morgan fingerprint density at radius 1 is 1.09 bits per heavy atom. The van der Waals surface area contributed by atoms with Crippen LogP contribution in [0.3, 0.4) is 0 Å². The zero-order chi connectivity index (χ0) is 16.1. The summed E-state index contributed by atoms with van der Waals surface area (Å²) in [5, 5.41) is 1.73. The van der Waals surface area contributed by atoms with Crippen molar-refractivity contribution in [3.63, 3.8) is 0 Å². The second kappa shape index (κ2) is 7.47. The maximum absolute atomic E-state index is 6.31. The molecule has 23 heavy (non-hydrogen) atoms. The number of hydrogen-bond acceptors (Lipinski definition) is 2. The van der Waals surface area contributed by atoms with Gasteiger partial charge in [-0.1, -0.05) is 55.3 Å². The molecule has 0 saturated heterocycles. The summed E-state index contributed by atoms with van der Waals surface area (Å²) in [6.45, 7) is 2.76. The molecule has 1 heterocycles. The van der Waals surface area contributed by atoms with Crippen molar-refractivity contribution in [3.05, 3.63) is 70.9 Å². The number of halogens is 1. The number of nitrogens with zero attached hydrogens (tertiary/aromatic N) is 1. The van der Waals surface area contributed by atoms with E-state index in [-0.39, 0.29) is 0 Å². The third-order valence-electron chi connectivity index (χ3n) is 3.91. The van der Waals surface area contributed by atoms with Crippen LogP contribution in [-0.2, 0) is 13.0 Å². The standard InChI is InChI=1S/C20H20ClNO/c1-2-3-9-16-12-17-18(21)10-11-22-19(17)13-20(16)23-14-15-7-5-4-6-8-15/h4-8,10-13H,2-3,9,14H2,1H3. The van der Waals surface area contributed by atoms with Gasteiger partial charge in [0.25, 0.3) is 0 Å². The van der Waals surface area contributed by atoms with E-state index in [1.165, 1.54) is 5.56 Å². The van der Waals surface area contributed by atoms with Gasteiger partial charge >= 0.3 is 0 Å². The van der Waals surface area contributed by atoms with Gasteiger partial charge in [0.2, 0.25) is 0 Å². The third kappa shape index (κ3) is 3.83. The quantitative estimate of drug-likeness (QED) is 0.570. The van der Waals surface area contributed by atoms with Crippen LogP contribution in [0.2, 0.25) is 5.02 Å². The number of ether oxygens (including phenoxy) is 1. The van der Waals surface area contributed by atoms with E-state index in [9.17, 15) is 0 Å². The molecule has 0 radical (unpaired) electrons. The minimum absolute atomic E-state index is 0.562. The topological polar surface area (TPSA) is 22.1 Å². The summed E-state index contributed by atoms with van der Waals surface area (Å²) in [7, 11) is 0. The van der Waals surface area contributed by atoms with Crippen LogP contribution >= 0.6 is 11.6 Å². The van der Waals surface area contributed by atoms with Gasteiger partial charge in [-0.3, -0.25) is 4.98 Å². The molecule has 3 rings (SSSR count). The Morgan fingerprint density at radius 3 is 2.70 bits per heavy atom. The second-order valence-electron chi connectivity index (χ2n) is 5.65. The summed E-state index contributed by atoms with van der Waals surface area (Å²) in [6, 6.07) is 16.2. The lowest BCUT2D eigenvalue weighted by Gasteiger charge is -2.13. The summed E-state index contributed by atoms with van der Waals surface area (Å²) >= 11 is 6.31. The van der Waals surface area contributed by atoms with Crippen LogP contribution in [0.25, 0.3) is 10.9 Å². The fraction of sp³-hybridized carbons (Fsp3) is 0.250. The molecule has 0 N–H and O–H groups in total. The van der Waals surface area contributed by atoms with Crippen molar-refractivity contribution in [2.24, 2.45) is 0 Å². The number of aromatic nitrogens is 1. The number of benzene rings is 2. The fourth-order valence-electron chi connectivity index (χ4n) is 2.62. The van der Waals surface area contributed by atoms with E-state index in [4.69, 9.17) is 16.3 Å². The molecule has 0 saturated carbocycles. The molecule has 0 fully saturated rings. The highest BCUT2D eigenvalue weighted by molar-refractivity contribution is 6.35.